The number of aryl methyl sites for hydroxylation is 2. The van der Waals surface area contributed by atoms with E-state index >= 15 is 0 Å². The van der Waals surface area contributed by atoms with Gasteiger partial charge in [-0.1, -0.05) is 0 Å². The van der Waals surface area contributed by atoms with Gasteiger partial charge in [-0.3, -0.25) is 24.1 Å². The second-order valence-corrected chi connectivity index (χ2v) is 5.58. The molecule has 2 heterocycles. The van der Waals surface area contributed by atoms with Crippen LogP contribution >= 0.6 is 0 Å². The molecule has 1 fully saturated rings. The van der Waals surface area contributed by atoms with Gasteiger partial charge in [0.25, 0.3) is 11.5 Å². The number of carbonyl (C=O) groups excluding carboxylic acids is 1. The van der Waals surface area contributed by atoms with E-state index in [1.54, 1.807) is 24.1 Å². The van der Waals surface area contributed by atoms with Gasteiger partial charge in [0, 0.05) is 20.2 Å². The zero-order valence-electron chi connectivity index (χ0n) is 12.6. The lowest BCUT2D eigenvalue weighted by atomic mass is 10.2. The molecular weight excluding hydrogens is 286 g/mol. The van der Waals surface area contributed by atoms with E-state index in [0.29, 0.717) is 5.75 Å². The first-order valence-electron chi connectivity index (χ1n) is 7.25. The van der Waals surface area contributed by atoms with Crippen LogP contribution in [0.5, 0.6) is 5.75 Å². The summed E-state index contributed by atoms with van der Waals surface area (Å²) in [6, 6.07) is 1.22. The molecule has 3 rings (SSSR count). The standard InChI is InChI=1S/C14H19N5O3/c1-18-8-9(7-15-18)22-12-5-3-4-10(12)16-14(21)11-6-13(20)19(2)17-11/h6-8,10,12,17H,3-5H2,1-2H3,(H,16,21)/t10-,12+/m0/s1. The largest absolute Gasteiger partial charge is 0.485 e. The van der Waals surface area contributed by atoms with Gasteiger partial charge in [0.05, 0.1) is 18.4 Å². The molecule has 2 aromatic rings. The number of ether oxygens (including phenoxy) is 1. The molecule has 22 heavy (non-hydrogen) atoms. The van der Waals surface area contributed by atoms with Gasteiger partial charge in [0.2, 0.25) is 0 Å². The molecule has 2 N–H and O–H groups in total. The molecule has 1 aliphatic carbocycles. The molecule has 2 atom stereocenters. The van der Waals surface area contributed by atoms with Crippen molar-refractivity contribution in [3.8, 4) is 5.75 Å². The first-order valence-corrected chi connectivity index (χ1v) is 7.25. The highest BCUT2D eigenvalue weighted by Crippen LogP contribution is 2.24. The second-order valence-electron chi connectivity index (χ2n) is 5.58. The number of carbonyl (C=O) groups is 1. The maximum absolute atomic E-state index is 12.2. The molecule has 0 aliphatic heterocycles. The molecule has 0 bridgehead atoms. The van der Waals surface area contributed by atoms with E-state index in [-0.39, 0.29) is 29.3 Å². The van der Waals surface area contributed by atoms with Crippen molar-refractivity contribution in [1.82, 2.24) is 24.9 Å². The molecule has 0 radical (unpaired) electrons. The number of nitrogens with one attached hydrogen (secondary N) is 2. The fourth-order valence-corrected chi connectivity index (χ4v) is 2.72. The van der Waals surface area contributed by atoms with Crippen LogP contribution in [0.15, 0.2) is 23.3 Å². The summed E-state index contributed by atoms with van der Waals surface area (Å²) < 4.78 is 8.84. The molecule has 0 aromatic carbocycles. The van der Waals surface area contributed by atoms with Crippen LogP contribution in [0.1, 0.15) is 29.8 Å². The molecule has 1 saturated carbocycles. The van der Waals surface area contributed by atoms with Gasteiger partial charge in [-0.15, -0.1) is 0 Å². The first-order chi connectivity index (χ1) is 10.5. The number of hydrogen-bond donors (Lipinski definition) is 2. The van der Waals surface area contributed by atoms with Gasteiger partial charge in [0.15, 0.2) is 5.75 Å². The summed E-state index contributed by atoms with van der Waals surface area (Å²) in [4.78, 5) is 23.6. The lowest BCUT2D eigenvalue weighted by Gasteiger charge is -2.21. The molecule has 8 nitrogen and oxygen atoms in total. The summed E-state index contributed by atoms with van der Waals surface area (Å²) >= 11 is 0. The van der Waals surface area contributed by atoms with E-state index in [2.05, 4.69) is 15.5 Å². The summed E-state index contributed by atoms with van der Waals surface area (Å²) in [5.41, 5.74) is 0.0271. The Kier molecular flexibility index (Phi) is 3.74. The van der Waals surface area contributed by atoms with E-state index in [1.165, 1.54) is 10.7 Å². The van der Waals surface area contributed by atoms with Crippen LogP contribution in [0.25, 0.3) is 0 Å². The monoisotopic (exact) mass is 305 g/mol. The Morgan fingerprint density at radius 2 is 2.27 bits per heavy atom. The minimum absolute atomic E-state index is 0.0728. The van der Waals surface area contributed by atoms with Crippen LogP contribution in [0.3, 0.4) is 0 Å². The van der Waals surface area contributed by atoms with E-state index in [0.717, 1.165) is 19.3 Å². The van der Waals surface area contributed by atoms with Gasteiger partial charge in [-0.2, -0.15) is 5.10 Å². The third kappa shape index (κ3) is 2.90. The van der Waals surface area contributed by atoms with E-state index in [9.17, 15) is 9.59 Å². The van der Waals surface area contributed by atoms with Crippen LogP contribution in [0.2, 0.25) is 0 Å². The van der Waals surface area contributed by atoms with Crippen LogP contribution in [-0.4, -0.2) is 37.6 Å². The van der Waals surface area contributed by atoms with Crippen LogP contribution in [0.4, 0.5) is 0 Å². The van der Waals surface area contributed by atoms with Gasteiger partial charge < -0.3 is 10.1 Å². The van der Waals surface area contributed by atoms with Crippen molar-refractivity contribution in [3.63, 3.8) is 0 Å². The Bertz CT molecular complexity index is 729. The average molecular weight is 305 g/mol. The van der Waals surface area contributed by atoms with Crippen molar-refractivity contribution in [1.29, 1.82) is 0 Å². The zero-order chi connectivity index (χ0) is 15.7. The average Bonchev–Trinajstić information content (AvgIpc) is 3.15. The highest BCUT2D eigenvalue weighted by atomic mass is 16.5. The minimum Gasteiger partial charge on any atom is -0.485 e. The molecule has 8 heteroatoms. The Balaban J connectivity index is 1.65. The number of rotatable bonds is 4. The second kappa shape index (κ2) is 5.70. The molecule has 0 saturated heterocycles. The predicted molar refractivity (Wildman–Crippen MR) is 78.8 cm³/mol. The van der Waals surface area contributed by atoms with Crippen LogP contribution < -0.4 is 15.6 Å². The number of aromatic amines is 1. The summed E-state index contributed by atoms with van der Waals surface area (Å²) in [7, 11) is 3.40. The number of H-pyrrole nitrogens is 1. The van der Waals surface area contributed by atoms with Crippen LogP contribution in [-0.2, 0) is 14.1 Å². The fourth-order valence-electron chi connectivity index (χ4n) is 2.72. The van der Waals surface area contributed by atoms with Crippen molar-refractivity contribution < 1.29 is 9.53 Å². The Labute approximate surface area is 127 Å². The van der Waals surface area contributed by atoms with Crippen LogP contribution in [0, 0.1) is 0 Å². The summed E-state index contributed by atoms with van der Waals surface area (Å²) in [5, 5.41) is 9.73. The van der Waals surface area contributed by atoms with E-state index in [4.69, 9.17) is 4.74 Å². The summed E-state index contributed by atoms with van der Waals surface area (Å²) in [6.07, 6.45) is 6.10. The van der Waals surface area contributed by atoms with Crippen molar-refractivity contribution in [3.05, 3.63) is 34.5 Å². The zero-order valence-corrected chi connectivity index (χ0v) is 12.6. The number of amides is 1. The Morgan fingerprint density at radius 1 is 1.45 bits per heavy atom. The molecule has 0 spiro atoms. The van der Waals surface area contributed by atoms with Gasteiger partial charge in [-0.25, -0.2) is 0 Å². The topological polar surface area (TPSA) is 93.9 Å². The van der Waals surface area contributed by atoms with Gasteiger partial charge in [-0.05, 0) is 19.3 Å². The highest BCUT2D eigenvalue weighted by Gasteiger charge is 2.31. The summed E-state index contributed by atoms with van der Waals surface area (Å²) in [5.74, 6) is 0.408. The van der Waals surface area contributed by atoms with E-state index < -0.39 is 0 Å². The molecule has 118 valence electrons. The van der Waals surface area contributed by atoms with E-state index in [1.807, 2.05) is 7.05 Å². The van der Waals surface area contributed by atoms with Crippen molar-refractivity contribution in [2.75, 3.05) is 0 Å². The predicted octanol–water partition coefficient (Wildman–Crippen LogP) is 0.177. The minimum atomic E-state index is -0.288. The third-order valence-corrected chi connectivity index (χ3v) is 3.87. The third-order valence-electron chi connectivity index (χ3n) is 3.87. The molecule has 1 aliphatic rings. The lowest BCUT2D eigenvalue weighted by Crippen LogP contribution is -2.42. The van der Waals surface area contributed by atoms with Gasteiger partial charge >= 0.3 is 0 Å². The highest BCUT2D eigenvalue weighted by molar-refractivity contribution is 5.92. The Hall–Kier alpha value is -2.51. The van der Waals surface area contributed by atoms with Crippen molar-refractivity contribution in [2.45, 2.75) is 31.4 Å². The molecule has 1 amide bonds. The fraction of sp³-hybridized carbons (Fsp3) is 0.500. The maximum atomic E-state index is 12.2. The van der Waals surface area contributed by atoms with Crippen molar-refractivity contribution in [2.24, 2.45) is 14.1 Å². The maximum Gasteiger partial charge on any atom is 0.269 e. The lowest BCUT2D eigenvalue weighted by molar-refractivity contribution is 0.0888. The smallest absolute Gasteiger partial charge is 0.269 e. The van der Waals surface area contributed by atoms with Crippen molar-refractivity contribution >= 4 is 5.91 Å². The first kappa shape index (κ1) is 14.4. The number of nitrogens with zero attached hydrogens (tertiary/aromatic N) is 3. The molecular formula is C14H19N5O3. The summed E-state index contributed by atoms with van der Waals surface area (Å²) in [6.45, 7) is 0. The van der Waals surface area contributed by atoms with Gasteiger partial charge in [0.1, 0.15) is 11.8 Å². The SMILES string of the molecule is Cn1cc(O[C@@H]2CCC[C@@H]2NC(=O)c2cc(=O)n(C)[nH]2)cn1. The normalized spacial score (nSPS) is 21.0. The Morgan fingerprint density at radius 3 is 2.91 bits per heavy atom. The molecule has 0 unspecified atom stereocenters. The number of hydrogen-bond acceptors (Lipinski definition) is 4. The number of aromatic nitrogens is 4. The quantitative estimate of drug-likeness (QED) is 0.842. The molecule has 2 aromatic heterocycles.